The van der Waals surface area contributed by atoms with Crippen molar-refractivity contribution in [1.82, 2.24) is 0 Å². The molecule has 6 atom stereocenters. The Balaban J connectivity index is 1.69. The molecule has 0 aromatic rings. The van der Waals surface area contributed by atoms with Crippen molar-refractivity contribution in [3.05, 3.63) is 0 Å². The number of carbonyl (C=O) groups excluding carboxylic acids is 2. The molecule has 0 aliphatic heterocycles. The largest absolute Gasteiger partial charge is 0.299 e. The molecular weight excluding hydrogens is 260 g/mol. The fourth-order valence-electron chi connectivity index (χ4n) is 6.89. The van der Waals surface area contributed by atoms with E-state index in [0.717, 1.165) is 18.3 Å². The van der Waals surface area contributed by atoms with E-state index in [2.05, 4.69) is 13.8 Å². The summed E-state index contributed by atoms with van der Waals surface area (Å²) >= 11 is 0. The highest BCUT2D eigenvalue weighted by Crippen LogP contribution is 2.65. The van der Waals surface area contributed by atoms with E-state index in [0.29, 0.717) is 23.7 Å². The second kappa shape index (κ2) is 4.43. The summed E-state index contributed by atoms with van der Waals surface area (Å²) in [5.74, 6) is 2.98. The van der Waals surface area contributed by atoms with Crippen molar-refractivity contribution < 1.29 is 9.59 Å². The molecule has 2 heteroatoms. The van der Waals surface area contributed by atoms with Crippen molar-refractivity contribution >= 4 is 11.6 Å². The first-order chi connectivity index (χ1) is 9.95. The van der Waals surface area contributed by atoms with Gasteiger partial charge in [0.2, 0.25) is 0 Å². The van der Waals surface area contributed by atoms with E-state index in [1.165, 1.54) is 38.5 Å². The lowest BCUT2D eigenvalue weighted by molar-refractivity contribution is -0.158. The van der Waals surface area contributed by atoms with Crippen molar-refractivity contribution in [3.8, 4) is 0 Å². The number of carbonyl (C=O) groups is 2. The zero-order valence-corrected chi connectivity index (χ0v) is 13.5. The summed E-state index contributed by atoms with van der Waals surface area (Å²) in [6.07, 6.45) is 9.97. The summed E-state index contributed by atoms with van der Waals surface area (Å²) in [6, 6.07) is 0. The number of hydrogen-bond donors (Lipinski definition) is 0. The van der Waals surface area contributed by atoms with Crippen LogP contribution >= 0.6 is 0 Å². The second-order valence-corrected chi connectivity index (χ2v) is 8.86. The highest BCUT2D eigenvalue weighted by atomic mass is 16.2. The van der Waals surface area contributed by atoms with Gasteiger partial charge in [-0.3, -0.25) is 9.59 Å². The standard InChI is InChI=1S/C19H28O2/c1-18-8-3-4-15(18)14-6-5-12-10-13(20)11-17(21)19(12,2)16(14)7-9-18/h12,14-16H,3-11H2,1-2H3/t12?,14-,15-,16+,18-,19-/m0/s1. The fourth-order valence-corrected chi connectivity index (χ4v) is 6.89. The number of fused-ring (bicyclic) bond motifs is 5. The first kappa shape index (κ1) is 14.0. The zero-order chi connectivity index (χ0) is 14.8. The first-order valence-corrected chi connectivity index (χ1v) is 9.00. The Labute approximate surface area is 128 Å². The van der Waals surface area contributed by atoms with Gasteiger partial charge in [-0.25, -0.2) is 0 Å². The number of ketones is 2. The van der Waals surface area contributed by atoms with Crippen LogP contribution in [0.3, 0.4) is 0 Å². The molecule has 116 valence electrons. The molecule has 0 N–H and O–H groups in total. The van der Waals surface area contributed by atoms with Gasteiger partial charge in [0, 0.05) is 11.8 Å². The topological polar surface area (TPSA) is 34.1 Å². The molecule has 4 fully saturated rings. The predicted molar refractivity (Wildman–Crippen MR) is 81.7 cm³/mol. The van der Waals surface area contributed by atoms with Gasteiger partial charge in [-0.2, -0.15) is 0 Å². The lowest BCUT2D eigenvalue weighted by Crippen LogP contribution is -2.56. The Morgan fingerprint density at radius 3 is 2.57 bits per heavy atom. The highest BCUT2D eigenvalue weighted by Gasteiger charge is 2.60. The molecule has 21 heavy (non-hydrogen) atoms. The third-order valence-corrected chi connectivity index (χ3v) is 8.12. The molecular formula is C19H28O2. The van der Waals surface area contributed by atoms with Crippen molar-refractivity contribution in [1.29, 1.82) is 0 Å². The second-order valence-electron chi connectivity index (χ2n) is 8.86. The van der Waals surface area contributed by atoms with Gasteiger partial charge >= 0.3 is 0 Å². The van der Waals surface area contributed by atoms with Crippen LogP contribution in [0.1, 0.15) is 71.6 Å². The lowest BCUT2D eigenvalue weighted by atomic mass is 9.45. The van der Waals surface area contributed by atoms with Gasteiger partial charge in [-0.05, 0) is 67.6 Å². The van der Waals surface area contributed by atoms with Crippen LogP contribution in [-0.2, 0) is 9.59 Å². The van der Waals surface area contributed by atoms with Crippen LogP contribution in [0.4, 0.5) is 0 Å². The molecule has 4 saturated carbocycles. The molecule has 1 unspecified atom stereocenters. The summed E-state index contributed by atoms with van der Waals surface area (Å²) in [5.41, 5.74) is 0.374. The van der Waals surface area contributed by atoms with E-state index < -0.39 is 0 Å². The third kappa shape index (κ3) is 1.77. The van der Waals surface area contributed by atoms with Crippen molar-refractivity contribution in [3.63, 3.8) is 0 Å². The molecule has 4 aliphatic carbocycles. The van der Waals surface area contributed by atoms with Crippen LogP contribution in [0, 0.1) is 34.5 Å². The maximum atomic E-state index is 12.8. The van der Waals surface area contributed by atoms with Gasteiger partial charge in [-0.1, -0.05) is 20.3 Å². The number of rotatable bonds is 0. The van der Waals surface area contributed by atoms with Gasteiger partial charge < -0.3 is 0 Å². The Kier molecular flexibility index (Phi) is 2.94. The van der Waals surface area contributed by atoms with Crippen molar-refractivity contribution in [2.75, 3.05) is 0 Å². The smallest absolute Gasteiger partial charge is 0.146 e. The zero-order valence-electron chi connectivity index (χ0n) is 13.5. The monoisotopic (exact) mass is 288 g/mol. The molecule has 0 aromatic heterocycles. The van der Waals surface area contributed by atoms with E-state index >= 15 is 0 Å². The fraction of sp³-hybridized carbons (Fsp3) is 0.895. The van der Waals surface area contributed by atoms with Crippen LogP contribution in [0.15, 0.2) is 0 Å². The van der Waals surface area contributed by atoms with Gasteiger partial charge in [0.25, 0.3) is 0 Å². The Morgan fingerprint density at radius 2 is 1.76 bits per heavy atom. The minimum absolute atomic E-state index is 0.180. The van der Waals surface area contributed by atoms with E-state index in [-0.39, 0.29) is 23.4 Å². The van der Waals surface area contributed by atoms with E-state index in [1.807, 2.05) is 0 Å². The molecule has 2 nitrogen and oxygen atoms in total. The molecule has 0 aromatic carbocycles. The molecule has 4 rings (SSSR count). The van der Waals surface area contributed by atoms with E-state index in [9.17, 15) is 9.59 Å². The minimum atomic E-state index is -0.180. The number of Topliss-reactive ketones (excluding diaryl/α,β-unsaturated/α-hetero) is 2. The third-order valence-electron chi connectivity index (χ3n) is 8.12. The first-order valence-electron chi connectivity index (χ1n) is 9.00. The average Bonchev–Trinajstić information content (AvgIpc) is 2.82. The van der Waals surface area contributed by atoms with Gasteiger partial charge in [0.1, 0.15) is 11.6 Å². The van der Waals surface area contributed by atoms with Gasteiger partial charge in [0.15, 0.2) is 0 Å². The highest BCUT2D eigenvalue weighted by molar-refractivity contribution is 6.04. The average molecular weight is 288 g/mol. The maximum absolute atomic E-state index is 12.8. The summed E-state index contributed by atoms with van der Waals surface area (Å²) in [6.45, 7) is 4.72. The normalized spacial score (nSPS) is 53.0. The van der Waals surface area contributed by atoms with Gasteiger partial charge in [-0.15, -0.1) is 0 Å². The Bertz CT molecular complexity index is 496. The molecule has 0 amide bonds. The molecule has 0 spiro atoms. The molecule has 0 saturated heterocycles. The van der Waals surface area contributed by atoms with Crippen LogP contribution in [0.25, 0.3) is 0 Å². The SMILES string of the molecule is C[C@@]12CCC[C@H]1[C@@H]1CCC3CC(=O)CC(=O)[C@]3(C)[C@@H]1CC2. The van der Waals surface area contributed by atoms with Crippen molar-refractivity contribution in [2.24, 2.45) is 34.5 Å². The van der Waals surface area contributed by atoms with Crippen LogP contribution in [0.2, 0.25) is 0 Å². The van der Waals surface area contributed by atoms with E-state index in [4.69, 9.17) is 0 Å². The molecule has 0 heterocycles. The van der Waals surface area contributed by atoms with Gasteiger partial charge in [0.05, 0.1) is 6.42 Å². The summed E-state index contributed by atoms with van der Waals surface area (Å²) in [5, 5.41) is 0. The predicted octanol–water partition coefficient (Wildman–Crippen LogP) is 4.17. The Morgan fingerprint density at radius 1 is 0.952 bits per heavy atom. The maximum Gasteiger partial charge on any atom is 0.146 e. The lowest BCUT2D eigenvalue weighted by Gasteiger charge is -2.58. The van der Waals surface area contributed by atoms with Crippen LogP contribution < -0.4 is 0 Å². The summed E-state index contributed by atoms with van der Waals surface area (Å²) in [7, 11) is 0. The minimum Gasteiger partial charge on any atom is -0.299 e. The van der Waals surface area contributed by atoms with E-state index in [1.54, 1.807) is 0 Å². The number of hydrogen-bond acceptors (Lipinski definition) is 2. The molecule has 4 aliphatic rings. The van der Waals surface area contributed by atoms with Crippen LogP contribution in [-0.4, -0.2) is 11.6 Å². The quantitative estimate of drug-likeness (QED) is 0.627. The Hall–Kier alpha value is -0.660. The summed E-state index contributed by atoms with van der Waals surface area (Å²) in [4.78, 5) is 24.6. The van der Waals surface area contributed by atoms with Crippen molar-refractivity contribution in [2.45, 2.75) is 71.6 Å². The molecule has 0 bridgehead atoms. The molecule has 0 radical (unpaired) electrons. The summed E-state index contributed by atoms with van der Waals surface area (Å²) < 4.78 is 0. The van der Waals surface area contributed by atoms with Crippen LogP contribution in [0.5, 0.6) is 0 Å².